The zero-order valence-electron chi connectivity index (χ0n) is 12.6. The zero-order chi connectivity index (χ0) is 16.4. The van der Waals surface area contributed by atoms with Gasteiger partial charge in [-0.15, -0.1) is 11.3 Å². The second-order valence-electron chi connectivity index (χ2n) is 5.23. The van der Waals surface area contributed by atoms with Crippen LogP contribution in [0.1, 0.15) is 23.8 Å². The number of halogens is 1. The van der Waals surface area contributed by atoms with E-state index in [9.17, 15) is 14.0 Å². The SMILES string of the molecule is CCC1C(=O)NCCN1C(=O)c1csc(-c2ccccc2F)n1. The lowest BCUT2D eigenvalue weighted by Gasteiger charge is -2.34. The normalized spacial score (nSPS) is 17.9. The van der Waals surface area contributed by atoms with Gasteiger partial charge in [-0.1, -0.05) is 19.1 Å². The largest absolute Gasteiger partial charge is 0.353 e. The number of thiazole rings is 1. The summed E-state index contributed by atoms with van der Waals surface area (Å²) >= 11 is 1.22. The molecule has 0 bridgehead atoms. The minimum atomic E-state index is -0.477. The van der Waals surface area contributed by atoms with E-state index in [-0.39, 0.29) is 23.3 Å². The van der Waals surface area contributed by atoms with Gasteiger partial charge in [0.25, 0.3) is 5.91 Å². The van der Waals surface area contributed by atoms with Gasteiger partial charge in [0.05, 0.1) is 0 Å². The van der Waals surface area contributed by atoms with Gasteiger partial charge in [-0.2, -0.15) is 0 Å². The second-order valence-corrected chi connectivity index (χ2v) is 6.09. The molecule has 0 spiro atoms. The molecule has 1 N–H and O–H groups in total. The summed E-state index contributed by atoms with van der Waals surface area (Å²) in [7, 11) is 0. The Kier molecular flexibility index (Phi) is 4.38. The van der Waals surface area contributed by atoms with Gasteiger partial charge in [-0.25, -0.2) is 9.37 Å². The number of nitrogens with one attached hydrogen (secondary N) is 1. The van der Waals surface area contributed by atoms with Crippen LogP contribution in [0.2, 0.25) is 0 Å². The highest BCUT2D eigenvalue weighted by molar-refractivity contribution is 7.13. The molecule has 1 atom stereocenters. The number of piperazine rings is 1. The van der Waals surface area contributed by atoms with Crippen LogP contribution in [-0.4, -0.2) is 40.8 Å². The van der Waals surface area contributed by atoms with Gasteiger partial charge in [0.15, 0.2) is 0 Å². The molecular formula is C16H16FN3O2S. The van der Waals surface area contributed by atoms with Crippen molar-refractivity contribution >= 4 is 23.2 Å². The number of amides is 2. The lowest BCUT2D eigenvalue weighted by atomic mass is 10.1. The number of benzene rings is 1. The number of carbonyl (C=O) groups excluding carboxylic acids is 2. The van der Waals surface area contributed by atoms with Crippen molar-refractivity contribution in [2.45, 2.75) is 19.4 Å². The molecule has 7 heteroatoms. The molecule has 0 radical (unpaired) electrons. The van der Waals surface area contributed by atoms with E-state index in [4.69, 9.17) is 0 Å². The minimum Gasteiger partial charge on any atom is -0.353 e. The Morgan fingerprint density at radius 2 is 2.26 bits per heavy atom. The molecule has 1 aromatic heterocycles. The fraction of sp³-hybridized carbons (Fsp3) is 0.312. The molecule has 120 valence electrons. The number of carbonyl (C=O) groups is 2. The van der Waals surface area contributed by atoms with Crippen LogP contribution < -0.4 is 5.32 Å². The number of rotatable bonds is 3. The lowest BCUT2D eigenvalue weighted by molar-refractivity contribution is -0.127. The van der Waals surface area contributed by atoms with Crippen molar-refractivity contribution in [3.8, 4) is 10.6 Å². The smallest absolute Gasteiger partial charge is 0.274 e. The molecule has 5 nitrogen and oxygen atoms in total. The van der Waals surface area contributed by atoms with Gasteiger partial charge < -0.3 is 10.2 Å². The molecule has 2 heterocycles. The molecule has 3 rings (SSSR count). The summed E-state index contributed by atoms with van der Waals surface area (Å²) < 4.78 is 13.8. The molecule has 1 aliphatic rings. The van der Waals surface area contributed by atoms with E-state index in [2.05, 4.69) is 10.3 Å². The molecule has 1 aliphatic heterocycles. The van der Waals surface area contributed by atoms with Gasteiger partial charge in [0, 0.05) is 24.0 Å². The van der Waals surface area contributed by atoms with E-state index in [1.165, 1.54) is 17.4 Å². The number of nitrogens with zero attached hydrogens (tertiary/aromatic N) is 2. The van der Waals surface area contributed by atoms with E-state index in [0.29, 0.717) is 30.1 Å². The highest BCUT2D eigenvalue weighted by Gasteiger charge is 2.33. The van der Waals surface area contributed by atoms with Gasteiger partial charge in [-0.05, 0) is 18.6 Å². The maximum Gasteiger partial charge on any atom is 0.274 e. The maximum atomic E-state index is 13.8. The summed E-state index contributed by atoms with van der Waals surface area (Å²) in [5, 5.41) is 4.83. The molecule has 0 aliphatic carbocycles. The molecule has 1 saturated heterocycles. The summed E-state index contributed by atoms with van der Waals surface area (Å²) in [6.07, 6.45) is 0.544. The predicted molar refractivity (Wildman–Crippen MR) is 85.6 cm³/mol. The van der Waals surface area contributed by atoms with Crippen LogP contribution in [0.5, 0.6) is 0 Å². The Labute approximate surface area is 137 Å². The summed E-state index contributed by atoms with van der Waals surface area (Å²) in [4.78, 5) is 30.3. The van der Waals surface area contributed by atoms with Crippen molar-refractivity contribution < 1.29 is 14.0 Å². The quantitative estimate of drug-likeness (QED) is 0.937. The van der Waals surface area contributed by atoms with Gasteiger partial charge >= 0.3 is 0 Å². The summed E-state index contributed by atoms with van der Waals surface area (Å²) in [6, 6.07) is 5.85. The Morgan fingerprint density at radius 1 is 1.48 bits per heavy atom. The molecule has 2 amide bonds. The third-order valence-corrected chi connectivity index (χ3v) is 4.68. The standard InChI is InChI=1S/C16H16FN3O2S/c1-2-13-14(21)18-7-8-20(13)16(22)12-9-23-15(19-12)10-5-3-4-6-11(10)17/h3-6,9,13H,2,7-8H2,1H3,(H,18,21). The monoisotopic (exact) mass is 333 g/mol. The molecule has 1 fully saturated rings. The topological polar surface area (TPSA) is 62.3 Å². The van der Waals surface area contributed by atoms with Crippen molar-refractivity contribution in [3.05, 3.63) is 41.2 Å². The third kappa shape index (κ3) is 2.96. The Morgan fingerprint density at radius 3 is 3.00 bits per heavy atom. The van der Waals surface area contributed by atoms with Crippen molar-refractivity contribution in [1.29, 1.82) is 0 Å². The van der Waals surface area contributed by atoms with Crippen molar-refractivity contribution in [2.75, 3.05) is 13.1 Å². The first kappa shape index (κ1) is 15.6. The highest BCUT2D eigenvalue weighted by atomic mass is 32.1. The Balaban J connectivity index is 1.86. The van der Waals surface area contributed by atoms with E-state index < -0.39 is 6.04 Å². The first-order chi connectivity index (χ1) is 11.1. The molecule has 23 heavy (non-hydrogen) atoms. The average molecular weight is 333 g/mol. The molecule has 1 aromatic carbocycles. The Hall–Kier alpha value is -2.28. The van der Waals surface area contributed by atoms with E-state index in [1.54, 1.807) is 28.5 Å². The second kappa shape index (κ2) is 6.45. The van der Waals surface area contributed by atoms with Crippen molar-refractivity contribution in [1.82, 2.24) is 15.2 Å². The van der Waals surface area contributed by atoms with Crippen LogP contribution in [0.15, 0.2) is 29.6 Å². The van der Waals surface area contributed by atoms with E-state index >= 15 is 0 Å². The third-order valence-electron chi connectivity index (χ3n) is 3.81. The van der Waals surface area contributed by atoms with E-state index in [1.807, 2.05) is 6.92 Å². The van der Waals surface area contributed by atoms with E-state index in [0.717, 1.165) is 0 Å². The molecule has 0 saturated carbocycles. The van der Waals surface area contributed by atoms with Gasteiger partial charge in [0.2, 0.25) is 5.91 Å². The lowest BCUT2D eigenvalue weighted by Crippen LogP contribution is -2.56. The minimum absolute atomic E-state index is 0.142. The van der Waals surface area contributed by atoms with Crippen molar-refractivity contribution in [3.63, 3.8) is 0 Å². The van der Waals surface area contributed by atoms with Crippen LogP contribution in [0.25, 0.3) is 10.6 Å². The van der Waals surface area contributed by atoms with Crippen molar-refractivity contribution in [2.24, 2.45) is 0 Å². The Bertz CT molecular complexity index is 746. The molecule has 2 aromatic rings. The fourth-order valence-corrected chi connectivity index (χ4v) is 3.46. The van der Waals surface area contributed by atoms with Crippen LogP contribution in [-0.2, 0) is 4.79 Å². The van der Waals surface area contributed by atoms with Gasteiger partial charge in [-0.3, -0.25) is 9.59 Å². The van der Waals surface area contributed by atoms with Crippen LogP contribution in [0, 0.1) is 5.82 Å². The maximum absolute atomic E-state index is 13.8. The fourth-order valence-electron chi connectivity index (χ4n) is 2.64. The predicted octanol–water partition coefficient (Wildman–Crippen LogP) is 2.30. The number of hydrogen-bond donors (Lipinski definition) is 1. The highest BCUT2D eigenvalue weighted by Crippen LogP contribution is 2.27. The number of aromatic nitrogens is 1. The summed E-state index contributed by atoms with van der Waals surface area (Å²) in [5.41, 5.74) is 0.626. The summed E-state index contributed by atoms with van der Waals surface area (Å²) in [5.74, 6) is -0.799. The van der Waals surface area contributed by atoms with Crippen LogP contribution in [0.4, 0.5) is 4.39 Å². The first-order valence-corrected chi connectivity index (χ1v) is 8.29. The molecular weight excluding hydrogens is 317 g/mol. The first-order valence-electron chi connectivity index (χ1n) is 7.41. The molecule has 1 unspecified atom stereocenters. The van der Waals surface area contributed by atoms with Gasteiger partial charge in [0.1, 0.15) is 22.6 Å². The summed E-state index contributed by atoms with van der Waals surface area (Å²) in [6.45, 7) is 2.75. The zero-order valence-corrected chi connectivity index (χ0v) is 13.4. The average Bonchev–Trinajstić information content (AvgIpc) is 3.04. The van der Waals surface area contributed by atoms with Crippen LogP contribution in [0.3, 0.4) is 0 Å². The van der Waals surface area contributed by atoms with Crippen LogP contribution >= 0.6 is 11.3 Å². The number of hydrogen-bond acceptors (Lipinski definition) is 4.